The van der Waals surface area contributed by atoms with E-state index in [-0.39, 0.29) is 18.4 Å². The Labute approximate surface area is 184 Å². The van der Waals surface area contributed by atoms with Gasteiger partial charge in [-0.05, 0) is 42.8 Å². The minimum absolute atomic E-state index is 0.000367. The zero-order chi connectivity index (χ0) is 22.2. The predicted octanol–water partition coefficient (Wildman–Crippen LogP) is 3.10. The molecule has 1 fully saturated rings. The number of likely N-dealkylation sites (tertiary alicyclic amines) is 1. The van der Waals surface area contributed by atoms with Crippen LogP contribution in [0.5, 0.6) is 23.0 Å². The molecule has 2 aromatic carbocycles. The van der Waals surface area contributed by atoms with Crippen molar-refractivity contribution in [1.29, 1.82) is 0 Å². The summed E-state index contributed by atoms with van der Waals surface area (Å²) in [5, 5.41) is 10.6. The van der Waals surface area contributed by atoms with E-state index in [1.807, 2.05) is 11.0 Å². The summed E-state index contributed by atoms with van der Waals surface area (Å²) in [5.74, 6) is 2.53. The number of hydrogen-bond acceptors (Lipinski definition) is 7. The molecule has 1 atom stereocenters. The van der Waals surface area contributed by atoms with Crippen LogP contribution < -0.4 is 24.8 Å². The molecule has 0 saturated carbocycles. The molecule has 1 saturated heterocycles. The Balaban J connectivity index is 1.32. The van der Waals surface area contributed by atoms with Gasteiger partial charge in [-0.3, -0.25) is 15.4 Å². The van der Waals surface area contributed by atoms with Gasteiger partial charge in [0.2, 0.25) is 0 Å². The first-order valence-electron chi connectivity index (χ1n) is 10.4. The summed E-state index contributed by atoms with van der Waals surface area (Å²) in [6, 6.07) is 13.9. The Morgan fingerprint density at radius 2 is 1.91 bits per heavy atom. The number of aromatic hydroxyl groups is 1. The number of rotatable bonds is 6. The standard InChI is InChI=1S/C23H24N4O5/c1-30-15-4-6-16(7-5-15)32-21(24)17-8-3-14(11-19(17)28)27-13-31-20-12-18(25-22(20)27)23(29)26-9-2-10-26/h3-8,11-12,21,25,28H,2,9-10,13,24H2,1H3. The largest absolute Gasteiger partial charge is 0.507 e. The summed E-state index contributed by atoms with van der Waals surface area (Å²) in [6.07, 6.45) is 0.180. The number of nitrogens with one attached hydrogen (secondary N) is 1. The highest BCUT2D eigenvalue weighted by atomic mass is 16.5. The number of nitrogens with zero attached hydrogens (tertiary/aromatic N) is 2. The molecule has 0 spiro atoms. The van der Waals surface area contributed by atoms with Crippen molar-refractivity contribution in [3.63, 3.8) is 0 Å². The maximum Gasteiger partial charge on any atom is 0.270 e. The van der Waals surface area contributed by atoms with Crippen LogP contribution in [0.25, 0.3) is 0 Å². The molecule has 9 heteroatoms. The maximum atomic E-state index is 12.5. The van der Waals surface area contributed by atoms with Crippen molar-refractivity contribution in [2.75, 3.05) is 31.8 Å². The van der Waals surface area contributed by atoms with E-state index in [0.717, 1.165) is 19.5 Å². The van der Waals surface area contributed by atoms with E-state index in [4.69, 9.17) is 19.9 Å². The Bertz CT molecular complexity index is 1140. The van der Waals surface area contributed by atoms with Gasteiger partial charge >= 0.3 is 0 Å². The predicted molar refractivity (Wildman–Crippen MR) is 118 cm³/mol. The van der Waals surface area contributed by atoms with Crippen molar-refractivity contribution in [2.24, 2.45) is 5.73 Å². The number of fused-ring (bicyclic) bond motifs is 1. The second-order valence-electron chi connectivity index (χ2n) is 7.70. The van der Waals surface area contributed by atoms with Gasteiger partial charge in [0.15, 0.2) is 24.5 Å². The van der Waals surface area contributed by atoms with Crippen LogP contribution in [-0.2, 0) is 0 Å². The van der Waals surface area contributed by atoms with E-state index in [0.29, 0.717) is 40.0 Å². The number of carbonyl (C=O) groups excluding carboxylic acids is 1. The number of H-pyrrole nitrogens is 1. The molecule has 9 nitrogen and oxygen atoms in total. The number of ether oxygens (including phenoxy) is 3. The van der Waals surface area contributed by atoms with Gasteiger partial charge in [0.25, 0.3) is 5.91 Å². The van der Waals surface area contributed by atoms with Crippen LogP contribution in [0, 0.1) is 0 Å². The lowest BCUT2D eigenvalue weighted by Gasteiger charge is -2.30. The van der Waals surface area contributed by atoms with Gasteiger partial charge in [0.1, 0.15) is 22.9 Å². The molecule has 2 aliphatic rings. The fraction of sp³-hybridized carbons (Fsp3) is 0.261. The first-order valence-corrected chi connectivity index (χ1v) is 10.4. The van der Waals surface area contributed by atoms with Gasteiger partial charge < -0.3 is 29.2 Å². The second kappa shape index (κ2) is 8.01. The lowest BCUT2D eigenvalue weighted by Crippen LogP contribution is -2.42. The molecule has 0 radical (unpaired) electrons. The smallest absolute Gasteiger partial charge is 0.270 e. The van der Waals surface area contributed by atoms with Crippen LogP contribution in [0.1, 0.15) is 28.7 Å². The zero-order valence-electron chi connectivity index (χ0n) is 17.6. The summed E-state index contributed by atoms with van der Waals surface area (Å²) in [6.45, 7) is 1.83. The monoisotopic (exact) mass is 436 g/mol. The average molecular weight is 436 g/mol. The number of methoxy groups -OCH3 is 1. The Morgan fingerprint density at radius 1 is 1.16 bits per heavy atom. The first-order chi connectivity index (χ1) is 15.5. The summed E-state index contributed by atoms with van der Waals surface area (Å²) in [5.41, 5.74) is 7.81. The van der Waals surface area contributed by atoms with Gasteiger partial charge in [0.05, 0.1) is 7.11 Å². The second-order valence-corrected chi connectivity index (χ2v) is 7.70. The first kappa shape index (κ1) is 20.1. The molecule has 3 heterocycles. The number of benzene rings is 2. The van der Waals surface area contributed by atoms with E-state index in [1.54, 1.807) is 54.5 Å². The van der Waals surface area contributed by atoms with E-state index in [2.05, 4.69) is 4.98 Å². The molecule has 1 unspecified atom stereocenters. The van der Waals surface area contributed by atoms with Crippen LogP contribution in [-0.4, -0.2) is 47.8 Å². The van der Waals surface area contributed by atoms with Crippen molar-refractivity contribution in [3.8, 4) is 23.0 Å². The molecule has 32 heavy (non-hydrogen) atoms. The minimum Gasteiger partial charge on any atom is -0.507 e. The van der Waals surface area contributed by atoms with Gasteiger partial charge in [-0.1, -0.05) is 0 Å². The highest BCUT2D eigenvalue weighted by molar-refractivity contribution is 5.95. The fourth-order valence-corrected chi connectivity index (χ4v) is 3.75. The third-order valence-electron chi connectivity index (χ3n) is 5.71. The molecule has 0 aliphatic carbocycles. The molecular formula is C23H24N4O5. The van der Waals surface area contributed by atoms with E-state index >= 15 is 0 Å². The molecule has 1 aromatic heterocycles. The zero-order valence-corrected chi connectivity index (χ0v) is 17.6. The van der Waals surface area contributed by atoms with E-state index < -0.39 is 6.23 Å². The third kappa shape index (κ3) is 3.56. The molecule has 1 amide bonds. The van der Waals surface area contributed by atoms with Gasteiger partial charge in [-0.2, -0.15) is 0 Å². The number of amides is 1. The molecule has 4 N–H and O–H groups in total. The molecule has 5 rings (SSSR count). The Kier molecular flexibility index (Phi) is 5.02. The summed E-state index contributed by atoms with van der Waals surface area (Å²) in [4.78, 5) is 19.3. The van der Waals surface area contributed by atoms with Crippen molar-refractivity contribution in [2.45, 2.75) is 12.6 Å². The van der Waals surface area contributed by atoms with Crippen molar-refractivity contribution in [3.05, 3.63) is 59.8 Å². The molecule has 2 aliphatic heterocycles. The highest BCUT2D eigenvalue weighted by Crippen LogP contribution is 2.41. The summed E-state index contributed by atoms with van der Waals surface area (Å²) in [7, 11) is 1.59. The lowest BCUT2D eigenvalue weighted by atomic mass is 10.1. The summed E-state index contributed by atoms with van der Waals surface area (Å²) >= 11 is 0. The molecular weight excluding hydrogens is 412 g/mol. The van der Waals surface area contributed by atoms with Crippen LogP contribution in [0.2, 0.25) is 0 Å². The van der Waals surface area contributed by atoms with E-state index in [1.165, 1.54) is 0 Å². The lowest BCUT2D eigenvalue weighted by molar-refractivity contribution is 0.0646. The topological polar surface area (TPSA) is 113 Å². The maximum absolute atomic E-state index is 12.5. The Hall–Kier alpha value is -3.85. The van der Waals surface area contributed by atoms with Gasteiger partial charge in [-0.25, -0.2) is 0 Å². The van der Waals surface area contributed by atoms with Crippen LogP contribution in [0.15, 0.2) is 48.5 Å². The molecule has 0 bridgehead atoms. The van der Waals surface area contributed by atoms with Gasteiger partial charge in [-0.15, -0.1) is 0 Å². The Morgan fingerprint density at radius 3 is 2.56 bits per heavy atom. The van der Waals surface area contributed by atoms with Crippen molar-refractivity contribution < 1.29 is 24.1 Å². The SMILES string of the molecule is COc1ccc(OC(N)c2ccc(N3COc4cc(C(=O)N5CCC5)[nH]c43)cc2O)cc1. The highest BCUT2D eigenvalue weighted by Gasteiger charge is 2.30. The minimum atomic E-state index is -0.853. The number of aromatic nitrogens is 1. The number of phenols is 1. The van der Waals surface area contributed by atoms with Crippen LogP contribution in [0.4, 0.5) is 11.5 Å². The van der Waals surface area contributed by atoms with Crippen molar-refractivity contribution in [1.82, 2.24) is 9.88 Å². The fourth-order valence-electron chi connectivity index (χ4n) is 3.75. The van der Waals surface area contributed by atoms with Gasteiger partial charge in [0, 0.05) is 36.5 Å². The third-order valence-corrected chi connectivity index (χ3v) is 5.71. The quantitative estimate of drug-likeness (QED) is 0.509. The number of carbonyl (C=O) groups is 1. The summed E-state index contributed by atoms with van der Waals surface area (Å²) < 4.78 is 16.6. The number of hydrogen-bond donors (Lipinski definition) is 3. The number of anilines is 2. The van der Waals surface area contributed by atoms with Crippen LogP contribution >= 0.6 is 0 Å². The van der Waals surface area contributed by atoms with Crippen LogP contribution in [0.3, 0.4) is 0 Å². The normalized spacial score (nSPS) is 15.6. The molecule has 3 aromatic rings. The average Bonchev–Trinajstić information content (AvgIpc) is 3.34. The van der Waals surface area contributed by atoms with Crippen molar-refractivity contribution >= 4 is 17.4 Å². The van der Waals surface area contributed by atoms with E-state index in [9.17, 15) is 9.90 Å². The number of nitrogens with two attached hydrogens (primary N) is 1. The molecule has 166 valence electrons. The number of aromatic amines is 1. The number of phenolic OH excluding ortho intramolecular Hbond substituents is 1.